The number of aliphatic hydroxyl groups is 1. The van der Waals surface area contributed by atoms with Crippen LogP contribution < -0.4 is 0 Å². The molecule has 1 atom stereocenters. The molecule has 0 aromatic carbocycles. The summed E-state index contributed by atoms with van der Waals surface area (Å²) in [7, 11) is 0. The van der Waals surface area contributed by atoms with E-state index in [1.165, 1.54) is 0 Å². The highest BCUT2D eigenvalue weighted by molar-refractivity contribution is 6.28. The van der Waals surface area contributed by atoms with E-state index in [0.29, 0.717) is 6.04 Å². The Morgan fingerprint density at radius 3 is 2.61 bits per heavy atom. The van der Waals surface area contributed by atoms with Gasteiger partial charge in [-0.15, -0.1) is 0 Å². The Morgan fingerprint density at radius 1 is 1.39 bits per heavy atom. The highest BCUT2D eigenvalue weighted by atomic mass is 35.5. The Labute approximate surface area is 112 Å². The third-order valence-corrected chi connectivity index (χ3v) is 3.49. The molecule has 1 N–H and O–H groups in total. The predicted octanol–water partition coefficient (Wildman–Crippen LogP) is 3.50. The number of halogens is 1. The van der Waals surface area contributed by atoms with E-state index in [-0.39, 0.29) is 5.28 Å². The van der Waals surface area contributed by atoms with Gasteiger partial charge in [-0.25, -0.2) is 4.98 Å². The van der Waals surface area contributed by atoms with Gasteiger partial charge in [0.2, 0.25) is 5.28 Å². The Morgan fingerprint density at radius 2 is 2.06 bits per heavy atom. The molecule has 0 radical (unpaired) electrons. The van der Waals surface area contributed by atoms with Crippen LogP contribution in [0.2, 0.25) is 5.28 Å². The fourth-order valence-electron chi connectivity index (χ4n) is 2.37. The van der Waals surface area contributed by atoms with Crippen LogP contribution in [-0.2, 0) is 0 Å². The van der Waals surface area contributed by atoms with Gasteiger partial charge in [-0.1, -0.05) is 13.8 Å². The zero-order valence-corrected chi connectivity index (χ0v) is 11.6. The molecule has 18 heavy (non-hydrogen) atoms. The van der Waals surface area contributed by atoms with Crippen molar-refractivity contribution in [3.63, 3.8) is 0 Å². The van der Waals surface area contributed by atoms with E-state index in [2.05, 4.69) is 28.4 Å². The molecule has 0 bridgehead atoms. The van der Waals surface area contributed by atoms with Gasteiger partial charge >= 0.3 is 0 Å². The molecule has 98 valence electrons. The first-order chi connectivity index (χ1) is 8.58. The van der Waals surface area contributed by atoms with E-state index < -0.39 is 6.10 Å². The Balaban J connectivity index is 2.71. The van der Waals surface area contributed by atoms with E-state index in [1.807, 2.05) is 6.07 Å². The predicted molar refractivity (Wildman–Crippen MR) is 72.8 cm³/mol. The molecule has 0 fully saturated rings. The first-order valence-electron chi connectivity index (χ1n) is 6.29. The van der Waals surface area contributed by atoms with Crippen LogP contribution in [0.25, 0.3) is 11.0 Å². The minimum absolute atomic E-state index is 0.241. The summed E-state index contributed by atoms with van der Waals surface area (Å²) in [5.41, 5.74) is 1.68. The second-order valence-corrected chi connectivity index (χ2v) is 4.84. The van der Waals surface area contributed by atoms with Gasteiger partial charge in [-0.05, 0) is 37.4 Å². The van der Waals surface area contributed by atoms with Crippen LogP contribution in [0.3, 0.4) is 0 Å². The van der Waals surface area contributed by atoms with Gasteiger partial charge in [0.25, 0.3) is 0 Å². The van der Waals surface area contributed by atoms with Crippen LogP contribution in [0, 0.1) is 0 Å². The normalized spacial score (nSPS) is 13.4. The molecule has 0 spiro atoms. The van der Waals surface area contributed by atoms with Gasteiger partial charge in [0.05, 0.1) is 6.10 Å². The summed E-state index contributed by atoms with van der Waals surface area (Å²) in [6.07, 6.45) is 3.15. The van der Waals surface area contributed by atoms with Crippen LogP contribution in [-0.4, -0.2) is 19.6 Å². The zero-order valence-electron chi connectivity index (χ0n) is 10.9. The number of aromatic nitrogens is 3. The van der Waals surface area contributed by atoms with E-state index in [0.717, 1.165) is 29.6 Å². The maximum absolute atomic E-state index is 9.91. The van der Waals surface area contributed by atoms with Crippen molar-refractivity contribution in [2.45, 2.75) is 45.8 Å². The number of fused-ring (bicyclic) bond motifs is 1. The lowest BCUT2D eigenvalue weighted by Crippen LogP contribution is -2.12. The van der Waals surface area contributed by atoms with Crippen LogP contribution in [0.4, 0.5) is 0 Å². The lowest BCUT2D eigenvalue weighted by molar-refractivity contribution is 0.186. The van der Waals surface area contributed by atoms with Crippen molar-refractivity contribution in [1.29, 1.82) is 0 Å². The largest absolute Gasteiger partial charge is 0.387 e. The van der Waals surface area contributed by atoms with Gasteiger partial charge in [0.1, 0.15) is 5.65 Å². The molecule has 0 aliphatic carbocycles. The first kappa shape index (κ1) is 13.3. The monoisotopic (exact) mass is 267 g/mol. The Kier molecular flexibility index (Phi) is 3.88. The van der Waals surface area contributed by atoms with E-state index in [1.54, 1.807) is 13.1 Å². The Bertz CT molecular complexity index is 546. The fraction of sp³-hybridized carbons (Fsp3) is 0.538. The molecule has 2 aromatic heterocycles. The average molecular weight is 268 g/mol. The minimum atomic E-state index is -0.529. The molecule has 0 unspecified atom stereocenters. The highest BCUT2D eigenvalue weighted by Gasteiger charge is 2.19. The number of hydrogen-bond donors (Lipinski definition) is 1. The summed E-state index contributed by atoms with van der Waals surface area (Å²) in [6, 6.07) is 2.26. The summed E-state index contributed by atoms with van der Waals surface area (Å²) in [5.74, 6) is 0. The van der Waals surface area contributed by atoms with Gasteiger partial charge in [0, 0.05) is 23.3 Å². The smallest absolute Gasteiger partial charge is 0.224 e. The maximum atomic E-state index is 9.91. The van der Waals surface area contributed by atoms with Crippen molar-refractivity contribution in [2.24, 2.45) is 0 Å². The zero-order chi connectivity index (χ0) is 13.3. The quantitative estimate of drug-likeness (QED) is 0.863. The maximum Gasteiger partial charge on any atom is 0.224 e. The van der Waals surface area contributed by atoms with Gasteiger partial charge < -0.3 is 9.67 Å². The summed E-state index contributed by atoms with van der Waals surface area (Å²) in [5, 5.41) is 11.1. The molecular formula is C13H18ClN3O. The molecular weight excluding hydrogens is 250 g/mol. The summed E-state index contributed by atoms with van der Waals surface area (Å²) < 4.78 is 2.09. The number of rotatable bonds is 4. The second kappa shape index (κ2) is 5.24. The van der Waals surface area contributed by atoms with Crippen LogP contribution in [0.1, 0.15) is 51.5 Å². The Hall–Kier alpha value is -1.13. The standard InChI is InChI=1S/C13H18ClN3O/c1-4-10(5-2)17-11(8(3)18)6-9-7-15-13(14)16-12(9)17/h6-8,10,18H,4-5H2,1-3H3/t8-/m0/s1. The molecule has 0 aliphatic rings. The van der Waals surface area contributed by atoms with Crippen LogP contribution in [0.5, 0.6) is 0 Å². The minimum Gasteiger partial charge on any atom is -0.387 e. The SMILES string of the molecule is CCC(CC)n1c([C@H](C)O)cc2cnc(Cl)nc21. The first-order valence-corrected chi connectivity index (χ1v) is 6.67. The number of aliphatic hydroxyl groups excluding tert-OH is 1. The van der Waals surface area contributed by atoms with Crippen molar-refractivity contribution in [1.82, 2.24) is 14.5 Å². The number of nitrogens with zero attached hydrogens (tertiary/aromatic N) is 3. The fourth-order valence-corrected chi connectivity index (χ4v) is 2.50. The van der Waals surface area contributed by atoms with Crippen LogP contribution in [0.15, 0.2) is 12.3 Å². The topological polar surface area (TPSA) is 50.9 Å². The lowest BCUT2D eigenvalue weighted by atomic mass is 10.1. The van der Waals surface area contributed by atoms with Gasteiger partial charge in [-0.3, -0.25) is 0 Å². The summed E-state index contributed by atoms with van der Waals surface area (Å²) >= 11 is 5.87. The molecule has 0 amide bonds. The van der Waals surface area contributed by atoms with Crippen molar-refractivity contribution < 1.29 is 5.11 Å². The molecule has 2 aromatic rings. The number of hydrogen-bond acceptors (Lipinski definition) is 3. The van der Waals surface area contributed by atoms with E-state index in [9.17, 15) is 5.11 Å². The summed E-state index contributed by atoms with van der Waals surface area (Å²) in [6.45, 7) is 6.03. The van der Waals surface area contributed by atoms with Gasteiger partial charge in [0.15, 0.2) is 0 Å². The van der Waals surface area contributed by atoms with Crippen molar-refractivity contribution >= 4 is 22.6 Å². The van der Waals surface area contributed by atoms with Crippen LogP contribution >= 0.6 is 11.6 Å². The third kappa shape index (κ3) is 2.22. The van der Waals surface area contributed by atoms with Gasteiger partial charge in [-0.2, -0.15) is 4.98 Å². The molecule has 0 aliphatic heterocycles. The molecule has 2 heterocycles. The molecule has 5 heteroatoms. The second-order valence-electron chi connectivity index (χ2n) is 4.50. The molecule has 4 nitrogen and oxygen atoms in total. The lowest BCUT2D eigenvalue weighted by Gasteiger charge is -2.20. The average Bonchev–Trinajstić information content (AvgIpc) is 2.70. The third-order valence-electron chi connectivity index (χ3n) is 3.31. The molecule has 2 rings (SSSR count). The van der Waals surface area contributed by atoms with Crippen molar-refractivity contribution in [2.75, 3.05) is 0 Å². The highest BCUT2D eigenvalue weighted by Crippen LogP contribution is 2.30. The molecule has 0 saturated carbocycles. The van der Waals surface area contributed by atoms with E-state index in [4.69, 9.17) is 11.6 Å². The van der Waals surface area contributed by atoms with Crippen molar-refractivity contribution in [3.8, 4) is 0 Å². The van der Waals surface area contributed by atoms with Crippen molar-refractivity contribution in [3.05, 3.63) is 23.2 Å². The molecule has 0 saturated heterocycles. The van der Waals surface area contributed by atoms with E-state index >= 15 is 0 Å². The summed E-state index contributed by atoms with van der Waals surface area (Å²) in [4.78, 5) is 8.29.